The Morgan fingerprint density at radius 1 is 0.960 bits per heavy atom. The molecule has 0 radical (unpaired) electrons. The molecular weight excluding hydrogens is 310 g/mol. The number of nitrogens with zero attached hydrogens (tertiary/aromatic N) is 2. The van der Waals surface area contributed by atoms with Gasteiger partial charge in [0.25, 0.3) is 5.56 Å². The van der Waals surface area contributed by atoms with Gasteiger partial charge in [0, 0.05) is 11.3 Å². The average Bonchev–Trinajstić information content (AvgIpc) is 2.92. The molecule has 25 heavy (non-hydrogen) atoms. The lowest BCUT2D eigenvalue weighted by Gasteiger charge is -2.13. The Balaban J connectivity index is 2.27. The van der Waals surface area contributed by atoms with E-state index >= 15 is 0 Å². The smallest absolute Gasteiger partial charge is 0.280 e. The number of nitrogens with one attached hydrogen (secondary N) is 1. The number of benzene rings is 2. The van der Waals surface area contributed by atoms with E-state index in [0.717, 1.165) is 22.7 Å². The molecular formula is C21H23N3O. The van der Waals surface area contributed by atoms with Crippen molar-refractivity contribution in [3.8, 4) is 16.9 Å². The van der Waals surface area contributed by atoms with Crippen LogP contribution < -0.4 is 5.56 Å². The molecule has 0 unspecified atom stereocenters. The van der Waals surface area contributed by atoms with Crippen molar-refractivity contribution in [2.75, 3.05) is 0 Å². The number of aromatic nitrogens is 2. The number of aliphatic imine (C=N–C) groups is 1. The van der Waals surface area contributed by atoms with Crippen LogP contribution in [0.5, 0.6) is 0 Å². The SMILES string of the molecule is CC(=NC(C)(C)C)c1c(-c2ccccc2)[nH]n(-c2ccccc2)c1=O. The predicted octanol–water partition coefficient (Wildman–Crippen LogP) is 4.44. The van der Waals surface area contributed by atoms with E-state index in [1.165, 1.54) is 0 Å². The molecule has 1 aromatic heterocycles. The molecule has 1 heterocycles. The van der Waals surface area contributed by atoms with E-state index in [4.69, 9.17) is 4.99 Å². The average molecular weight is 333 g/mol. The van der Waals surface area contributed by atoms with Gasteiger partial charge in [0.05, 0.1) is 22.5 Å². The third-order valence-corrected chi connectivity index (χ3v) is 3.83. The molecule has 0 aliphatic rings. The zero-order chi connectivity index (χ0) is 18.0. The van der Waals surface area contributed by atoms with Crippen molar-refractivity contribution in [3.63, 3.8) is 0 Å². The first kappa shape index (κ1) is 17.0. The van der Waals surface area contributed by atoms with Crippen LogP contribution in [-0.2, 0) is 0 Å². The number of H-pyrrole nitrogens is 1. The Hall–Kier alpha value is -2.88. The standard InChI is InChI=1S/C21H23N3O/c1-15(22-21(2,3)4)18-19(16-11-7-5-8-12-16)23-24(20(18)25)17-13-9-6-10-14-17/h5-14,23H,1-4H3. The second kappa shape index (κ2) is 6.55. The lowest BCUT2D eigenvalue weighted by atomic mass is 10.0. The normalized spacial score (nSPS) is 12.4. The van der Waals surface area contributed by atoms with Crippen LogP contribution in [-0.4, -0.2) is 21.0 Å². The van der Waals surface area contributed by atoms with Crippen LogP contribution in [0.25, 0.3) is 16.9 Å². The minimum absolute atomic E-state index is 0.0875. The molecule has 0 fully saturated rings. The number of rotatable bonds is 3. The summed E-state index contributed by atoms with van der Waals surface area (Å²) >= 11 is 0. The molecule has 0 aliphatic heterocycles. The fourth-order valence-electron chi connectivity index (χ4n) is 2.90. The van der Waals surface area contributed by atoms with E-state index in [2.05, 4.69) is 5.10 Å². The van der Waals surface area contributed by atoms with Gasteiger partial charge in [-0.3, -0.25) is 14.9 Å². The second-order valence-electron chi connectivity index (χ2n) is 7.07. The van der Waals surface area contributed by atoms with Crippen molar-refractivity contribution < 1.29 is 0 Å². The highest BCUT2D eigenvalue weighted by atomic mass is 16.1. The summed E-state index contributed by atoms with van der Waals surface area (Å²) in [6.07, 6.45) is 0. The predicted molar refractivity (Wildman–Crippen MR) is 104 cm³/mol. The molecule has 4 nitrogen and oxygen atoms in total. The van der Waals surface area contributed by atoms with Crippen molar-refractivity contribution in [1.82, 2.24) is 9.78 Å². The number of hydrogen-bond donors (Lipinski definition) is 1. The van der Waals surface area contributed by atoms with Gasteiger partial charge in [0.2, 0.25) is 0 Å². The van der Waals surface area contributed by atoms with E-state index in [9.17, 15) is 4.79 Å². The Kier molecular flexibility index (Phi) is 4.45. The van der Waals surface area contributed by atoms with Crippen molar-refractivity contribution in [3.05, 3.63) is 76.6 Å². The summed E-state index contributed by atoms with van der Waals surface area (Å²) in [5, 5.41) is 3.27. The van der Waals surface area contributed by atoms with Crippen LogP contribution in [0, 0.1) is 0 Å². The molecule has 3 aromatic rings. The topological polar surface area (TPSA) is 50.1 Å². The van der Waals surface area contributed by atoms with Gasteiger partial charge < -0.3 is 0 Å². The first-order valence-electron chi connectivity index (χ1n) is 8.39. The van der Waals surface area contributed by atoms with Gasteiger partial charge in [-0.05, 0) is 39.8 Å². The summed E-state index contributed by atoms with van der Waals surface area (Å²) in [6, 6.07) is 19.5. The molecule has 4 heteroatoms. The summed E-state index contributed by atoms with van der Waals surface area (Å²) < 4.78 is 1.58. The lowest BCUT2D eigenvalue weighted by molar-refractivity contribution is 0.584. The molecule has 0 spiro atoms. The monoisotopic (exact) mass is 333 g/mol. The van der Waals surface area contributed by atoms with Gasteiger partial charge in [0.1, 0.15) is 0 Å². The fraction of sp³-hybridized carbons (Fsp3) is 0.238. The highest BCUT2D eigenvalue weighted by Crippen LogP contribution is 2.22. The molecule has 0 saturated heterocycles. The molecule has 2 aromatic carbocycles. The van der Waals surface area contributed by atoms with E-state index in [1.54, 1.807) is 4.68 Å². The van der Waals surface area contributed by atoms with E-state index < -0.39 is 0 Å². The number of para-hydroxylation sites is 1. The Bertz CT molecular complexity index is 942. The second-order valence-corrected chi connectivity index (χ2v) is 7.07. The highest BCUT2D eigenvalue weighted by molar-refractivity contribution is 6.03. The van der Waals surface area contributed by atoms with E-state index in [0.29, 0.717) is 5.56 Å². The van der Waals surface area contributed by atoms with Gasteiger partial charge in [-0.1, -0.05) is 48.5 Å². The van der Waals surface area contributed by atoms with Gasteiger partial charge in [-0.2, -0.15) is 0 Å². The molecule has 0 saturated carbocycles. The van der Waals surface area contributed by atoms with Crippen LogP contribution in [0.3, 0.4) is 0 Å². The zero-order valence-electron chi connectivity index (χ0n) is 15.1. The molecule has 1 N–H and O–H groups in total. The quantitative estimate of drug-likeness (QED) is 0.708. The van der Waals surface area contributed by atoms with E-state index in [-0.39, 0.29) is 11.1 Å². The molecule has 0 aliphatic carbocycles. The maximum Gasteiger partial charge on any atom is 0.280 e. The van der Waals surface area contributed by atoms with Crippen molar-refractivity contribution in [1.29, 1.82) is 0 Å². The highest BCUT2D eigenvalue weighted by Gasteiger charge is 2.20. The van der Waals surface area contributed by atoms with Crippen LogP contribution in [0.15, 0.2) is 70.5 Å². The maximum atomic E-state index is 13.1. The first-order chi connectivity index (χ1) is 11.9. The number of aromatic amines is 1. The van der Waals surface area contributed by atoms with Crippen molar-refractivity contribution in [2.24, 2.45) is 4.99 Å². The summed E-state index contributed by atoms with van der Waals surface area (Å²) in [7, 11) is 0. The van der Waals surface area contributed by atoms with Crippen LogP contribution in [0.1, 0.15) is 33.3 Å². The van der Waals surface area contributed by atoms with Crippen LogP contribution >= 0.6 is 0 Å². The molecule has 3 rings (SSSR count). The van der Waals surface area contributed by atoms with Crippen LogP contribution in [0.4, 0.5) is 0 Å². The lowest BCUT2D eigenvalue weighted by Crippen LogP contribution is -2.22. The number of hydrogen-bond acceptors (Lipinski definition) is 2. The maximum absolute atomic E-state index is 13.1. The summed E-state index contributed by atoms with van der Waals surface area (Å²) in [5.41, 5.74) is 3.58. The van der Waals surface area contributed by atoms with Gasteiger partial charge in [0.15, 0.2) is 0 Å². The van der Waals surface area contributed by atoms with E-state index in [1.807, 2.05) is 88.4 Å². The summed E-state index contributed by atoms with van der Waals surface area (Å²) in [6.45, 7) is 7.99. The van der Waals surface area contributed by atoms with Gasteiger partial charge in [-0.15, -0.1) is 0 Å². The third kappa shape index (κ3) is 3.63. The summed E-state index contributed by atoms with van der Waals surface area (Å²) in [4.78, 5) is 17.9. The largest absolute Gasteiger partial charge is 0.290 e. The Morgan fingerprint density at radius 3 is 2.08 bits per heavy atom. The summed E-state index contributed by atoms with van der Waals surface area (Å²) in [5.74, 6) is 0. The van der Waals surface area contributed by atoms with Crippen molar-refractivity contribution >= 4 is 5.71 Å². The molecule has 128 valence electrons. The minimum atomic E-state index is -0.251. The van der Waals surface area contributed by atoms with Crippen LogP contribution in [0.2, 0.25) is 0 Å². The van der Waals surface area contributed by atoms with Crippen molar-refractivity contribution in [2.45, 2.75) is 33.2 Å². The third-order valence-electron chi connectivity index (χ3n) is 3.83. The minimum Gasteiger partial charge on any atom is -0.290 e. The Morgan fingerprint density at radius 2 is 1.52 bits per heavy atom. The molecule has 0 amide bonds. The zero-order valence-corrected chi connectivity index (χ0v) is 15.1. The molecule has 0 bridgehead atoms. The van der Waals surface area contributed by atoms with Gasteiger partial charge >= 0.3 is 0 Å². The van der Waals surface area contributed by atoms with Gasteiger partial charge in [-0.25, -0.2) is 4.68 Å². The Labute approximate surface area is 147 Å². The fourth-order valence-corrected chi connectivity index (χ4v) is 2.90. The molecule has 0 atom stereocenters. The first-order valence-corrected chi connectivity index (χ1v) is 8.39.